The van der Waals surface area contributed by atoms with Crippen molar-refractivity contribution in [3.63, 3.8) is 0 Å². The summed E-state index contributed by atoms with van der Waals surface area (Å²) in [6.45, 7) is 1.89. The zero-order valence-corrected chi connectivity index (χ0v) is 14.8. The van der Waals surface area contributed by atoms with Crippen LogP contribution in [0.3, 0.4) is 0 Å². The van der Waals surface area contributed by atoms with E-state index in [1.807, 2.05) is 6.92 Å². The standard InChI is InChI=1S/C18H20F3NO4/c1-10(11-5-6-14(13(22)7-11)26-18(19,20)21)12-8-15(23-2)17(25-4)16(9-12)24-3/h5-10H,22H2,1-4H3. The summed E-state index contributed by atoms with van der Waals surface area (Å²) in [4.78, 5) is 0. The maximum Gasteiger partial charge on any atom is 0.573 e. The fraction of sp³-hybridized carbons (Fsp3) is 0.333. The van der Waals surface area contributed by atoms with E-state index in [1.54, 1.807) is 12.1 Å². The molecule has 1 atom stereocenters. The number of hydrogen-bond donors (Lipinski definition) is 1. The number of methoxy groups -OCH3 is 3. The van der Waals surface area contributed by atoms with Gasteiger partial charge in [0, 0.05) is 5.92 Å². The van der Waals surface area contributed by atoms with Crippen LogP contribution in [0.4, 0.5) is 18.9 Å². The predicted octanol–water partition coefficient (Wildman–Crippen LogP) is 4.35. The summed E-state index contributed by atoms with van der Waals surface area (Å²) in [5, 5.41) is 0. The molecule has 5 nitrogen and oxygen atoms in total. The summed E-state index contributed by atoms with van der Waals surface area (Å²) in [7, 11) is 4.52. The smallest absolute Gasteiger partial charge is 0.493 e. The molecule has 2 rings (SSSR count). The maximum absolute atomic E-state index is 12.4. The van der Waals surface area contributed by atoms with Crippen LogP contribution in [0.25, 0.3) is 0 Å². The van der Waals surface area contributed by atoms with Crippen molar-refractivity contribution < 1.29 is 32.1 Å². The summed E-state index contributed by atoms with van der Waals surface area (Å²) in [5.41, 5.74) is 7.15. The van der Waals surface area contributed by atoms with Gasteiger partial charge in [-0.3, -0.25) is 0 Å². The average Bonchev–Trinajstić information content (AvgIpc) is 2.60. The molecule has 8 heteroatoms. The van der Waals surface area contributed by atoms with Crippen LogP contribution < -0.4 is 24.7 Å². The molecule has 2 aromatic rings. The van der Waals surface area contributed by atoms with E-state index in [1.165, 1.54) is 39.5 Å². The van der Waals surface area contributed by atoms with Gasteiger partial charge in [0.15, 0.2) is 17.2 Å². The molecule has 0 aliphatic rings. The lowest BCUT2D eigenvalue weighted by Gasteiger charge is -2.19. The van der Waals surface area contributed by atoms with Crippen molar-refractivity contribution >= 4 is 5.69 Å². The summed E-state index contributed by atoms with van der Waals surface area (Å²) >= 11 is 0. The van der Waals surface area contributed by atoms with Crippen LogP contribution in [-0.4, -0.2) is 27.7 Å². The first-order valence-corrected chi connectivity index (χ1v) is 7.65. The number of nitrogens with two attached hydrogens (primary N) is 1. The molecule has 0 saturated carbocycles. The lowest BCUT2D eigenvalue weighted by Crippen LogP contribution is -2.18. The molecular formula is C18H20F3NO4. The van der Waals surface area contributed by atoms with Crippen molar-refractivity contribution in [1.82, 2.24) is 0 Å². The number of nitrogen functional groups attached to an aromatic ring is 1. The zero-order valence-electron chi connectivity index (χ0n) is 14.8. The number of anilines is 1. The van der Waals surface area contributed by atoms with Gasteiger partial charge in [0.2, 0.25) is 5.75 Å². The summed E-state index contributed by atoms with van der Waals surface area (Å²) in [5.74, 6) is 0.807. The Bertz CT molecular complexity index is 753. The molecule has 0 amide bonds. The van der Waals surface area contributed by atoms with Crippen molar-refractivity contribution in [2.45, 2.75) is 19.2 Å². The number of hydrogen-bond acceptors (Lipinski definition) is 5. The van der Waals surface area contributed by atoms with Gasteiger partial charge in [-0.2, -0.15) is 0 Å². The molecule has 0 spiro atoms. The summed E-state index contributed by atoms with van der Waals surface area (Å²) in [6.07, 6.45) is -4.79. The topological polar surface area (TPSA) is 62.9 Å². The summed E-state index contributed by atoms with van der Waals surface area (Å²) < 4.78 is 56.9. The van der Waals surface area contributed by atoms with E-state index in [2.05, 4.69) is 4.74 Å². The Kier molecular flexibility index (Phi) is 5.74. The van der Waals surface area contributed by atoms with Crippen LogP contribution in [0.1, 0.15) is 24.0 Å². The Morgan fingerprint density at radius 2 is 1.42 bits per heavy atom. The van der Waals surface area contributed by atoms with Crippen LogP contribution in [0.2, 0.25) is 0 Å². The molecule has 0 bridgehead atoms. The fourth-order valence-corrected chi connectivity index (χ4v) is 2.60. The van der Waals surface area contributed by atoms with Crippen LogP contribution in [0.5, 0.6) is 23.0 Å². The fourth-order valence-electron chi connectivity index (χ4n) is 2.60. The Morgan fingerprint density at radius 1 is 0.846 bits per heavy atom. The number of halogens is 3. The van der Waals surface area contributed by atoms with Gasteiger partial charge >= 0.3 is 6.36 Å². The molecule has 0 aromatic heterocycles. The quantitative estimate of drug-likeness (QED) is 0.765. The monoisotopic (exact) mass is 371 g/mol. The third kappa shape index (κ3) is 4.25. The van der Waals surface area contributed by atoms with Crippen LogP contribution in [0, 0.1) is 0 Å². The summed E-state index contributed by atoms with van der Waals surface area (Å²) in [6, 6.07) is 7.75. The van der Waals surface area contributed by atoms with E-state index >= 15 is 0 Å². The second-order valence-electron chi connectivity index (χ2n) is 5.53. The number of alkyl halides is 3. The van der Waals surface area contributed by atoms with Crippen LogP contribution >= 0.6 is 0 Å². The Hall–Kier alpha value is -2.77. The third-order valence-electron chi connectivity index (χ3n) is 3.95. The van der Waals surface area contributed by atoms with Gasteiger partial charge in [-0.15, -0.1) is 13.2 Å². The van der Waals surface area contributed by atoms with E-state index in [-0.39, 0.29) is 11.6 Å². The highest BCUT2D eigenvalue weighted by Crippen LogP contribution is 2.42. The molecule has 0 aliphatic heterocycles. The van der Waals surface area contributed by atoms with E-state index in [0.29, 0.717) is 22.8 Å². The highest BCUT2D eigenvalue weighted by Gasteiger charge is 2.32. The molecule has 0 aliphatic carbocycles. The normalized spacial score (nSPS) is 12.4. The van der Waals surface area contributed by atoms with Crippen LogP contribution in [0.15, 0.2) is 30.3 Å². The average molecular weight is 371 g/mol. The minimum absolute atomic E-state index is 0.0980. The predicted molar refractivity (Wildman–Crippen MR) is 91.2 cm³/mol. The Balaban J connectivity index is 2.40. The first kappa shape index (κ1) is 19.6. The van der Waals surface area contributed by atoms with Crippen LogP contribution in [-0.2, 0) is 0 Å². The maximum atomic E-state index is 12.4. The molecule has 2 aromatic carbocycles. The van der Waals surface area contributed by atoms with E-state index in [9.17, 15) is 13.2 Å². The van der Waals surface area contributed by atoms with Gasteiger partial charge in [0.05, 0.1) is 27.0 Å². The number of rotatable bonds is 6. The first-order chi connectivity index (χ1) is 12.2. The van der Waals surface area contributed by atoms with E-state index < -0.39 is 12.1 Å². The molecule has 142 valence electrons. The largest absolute Gasteiger partial charge is 0.573 e. The number of ether oxygens (including phenoxy) is 4. The van der Waals surface area contributed by atoms with E-state index in [4.69, 9.17) is 19.9 Å². The lowest BCUT2D eigenvalue weighted by molar-refractivity contribution is -0.274. The van der Waals surface area contributed by atoms with Gasteiger partial charge < -0.3 is 24.7 Å². The van der Waals surface area contributed by atoms with Crippen molar-refractivity contribution in [2.75, 3.05) is 27.1 Å². The third-order valence-corrected chi connectivity index (χ3v) is 3.95. The molecule has 0 heterocycles. The van der Waals surface area contributed by atoms with Gasteiger partial charge in [0.1, 0.15) is 0 Å². The molecule has 26 heavy (non-hydrogen) atoms. The van der Waals surface area contributed by atoms with Gasteiger partial charge in [-0.1, -0.05) is 13.0 Å². The molecular weight excluding hydrogens is 351 g/mol. The van der Waals surface area contributed by atoms with Gasteiger partial charge in [0.25, 0.3) is 0 Å². The second kappa shape index (κ2) is 7.63. The molecule has 0 fully saturated rings. The van der Waals surface area contributed by atoms with Crippen molar-refractivity contribution in [3.8, 4) is 23.0 Å². The van der Waals surface area contributed by atoms with Crippen molar-refractivity contribution in [3.05, 3.63) is 41.5 Å². The Labute approximate surface area is 149 Å². The zero-order chi connectivity index (χ0) is 19.5. The van der Waals surface area contributed by atoms with E-state index in [0.717, 1.165) is 5.56 Å². The number of benzene rings is 2. The highest BCUT2D eigenvalue weighted by atomic mass is 19.4. The molecule has 1 unspecified atom stereocenters. The highest BCUT2D eigenvalue weighted by molar-refractivity contribution is 5.58. The molecule has 0 saturated heterocycles. The lowest BCUT2D eigenvalue weighted by atomic mass is 9.92. The van der Waals surface area contributed by atoms with Gasteiger partial charge in [-0.05, 0) is 35.4 Å². The van der Waals surface area contributed by atoms with Crippen molar-refractivity contribution in [2.24, 2.45) is 0 Å². The minimum atomic E-state index is -4.79. The SMILES string of the molecule is COc1cc(C(C)c2ccc(OC(F)(F)F)c(N)c2)cc(OC)c1OC. The van der Waals surface area contributed by atoms with Gasteiger partial charge in [-0.25, -0.2) is 0 Å². The minimum Gasteiger partial charge on any atom is -0.493 e. The first-order valence-electron chi connectivity index (χ1n) is 7.65. The second-order valence-corrected chi connectivity index (χ2v) is 5.53. The van der Waals surface area contributed by atoms with Crippen molar-refractivity contribution in [1.29, 1.82) is 0 Å². The molecule has 0 radical (unpaired) electrons. The Morgan fingerprint density at radius 3 is 1.85 bits per heavy atom. The molecule has 2 N–H and O–H groups in total.